The molecule has 0 aliphatic carbocycles. The van der Waals surface area contributed by atoms with Gasteiger partial charge >= 0.3 is 5.97 Å². The summed E-state index contributed by atoms with van der Waals surface area (Å²) in [6.07, 6.45) is 3.25. The Kier molecular flexibility index (Phi) is 10.4. The van der Waals surface area contributed by atoms with E-state index in [-0.39, 0.29) is 12.5 Å². The zero-order valence-corrected chi connectivity index (χ0v) is 17.9. The molecule has 3 amide bonds. The molecule has 4 atom stereocenters. The monoisotopic (exact) mass is 432 g/mol. The predicted molar refractivity (Wildman–Crippen MR) is 109 cm³/mol. The molecule has 0 radical (unpaired) electrons. The second kappa shape index (κ2) is 12.0. The molecule has 1 saturated heterocycles. The predicted octanol–water partition coefficient (Wildman–Crippen LogP) is -1.24. The second-order valence-electron chi connectivity index (χ2n) is 7.39. The molecule has 166 valence electrons. The minimum atomic E-state index is -1.21. The van der Waals surface area contributed by atoms with E-state index in [2.05, 4.69) is 10.6 Å². The number of carbonyl (C=O) groups excluding carboxylic acids is 3. The Morgan fingerprint density at radius 2 is 1.90 bits per heavy atom. The van der Waals surface area contributed by atoms with Crippen LogP contribution in [-0.2, 0) is 19.2 Å². The third-order valence-corrected chi connectivity index (χ3v) is 5.48. The molecule has 0 aromatic rings. The molecule has 1 fully saturated rings. The fourth-order valence-electron chi connectivity index (χ4n) is 3.11. The summed E-state index contributed by atoms with van der Waals surface area (Å²) in [5.41, 5.74) is 5.80. The lowest BCUT2D eigenvalue weighted by Gasteiger charge is -2.29. The van der Waals surface area contributed by atoms with Crippen molar-refractivity contribution in [3.63, 3.8) is 0 Å². The largest absolute Gasteiger partial charge is 0.480 e. The zero-order valence-electron chi connectivity index (χ0n) is 17.1. The molecule has 4 unspecified atom stereocenters. The highest BCUT2D eigenvalue weighted by Gasteiger charge is 2.39. The topological polar surface area (TPSA) is 162 Å². The fraction of sp³-hybridized carbons (Fsp3) is 0.778. The van der Waals surface area contributed by atoms with Gasteiger partial charge in [0.2, 0.25) is 17.7 Å². The third-order valence-electron chi connectivity index (χ3n) is 4.84. The van der Waals surface area contributed by atoms with Crippen molar-refractivity contribution in [3.05, 3.63) is 0 Å². The van der Waals surface area contributed by atoms with Crippen LogP contribution in [0.5, 0.6) is 0 Å². The lowest BCUT2D eigenvalue weighted by molar-refractivity contribution is -0.146. The summed E-state index contributed by atoms with van der Waals surface area (Å²) in [7, 11) is 0. The molecule has 6 N–H and O–H groups in total. The molecule has 29 heavy (non-hydrogen) atoms. The number of aliphatic hydroxyl groups excluding tert-OH is 1. The molecule has 0 spiro atoms. The van der Waals surface area contributed by atoms with E-state index in [1.807, 2.05) is 6.26 Å². The van der Waals surface area contributed by atoms with E-state index in [1.54, 1.807) is 25.6 Å². The first kappa shape index (κ1) is 25.2. The fourth-order valence-corrected chi connectivity index (χ4v) is 3.60. The molecule has 0 aromatic carbocycles. The number of carboxylic acid groups (broad SMARTS) is 1. The summed E-state index contributed by atoms with van der Waals surface area (Å²) >= 11 is 1.54. The van der Waals surface area contributed by atoms with Crippen LogP contribution in [0.1, 0.15) is 33.1 Å². The summed E-state index contributed by atoms with van der Waals surface area (Å²) in [4.78, 5) is 50.2. The second-order valence-corrected chi connectivity index (χ2v) is 8.38. The van der Waals surface area contributed by atoms with Gasteiger partial charge in [-0.05, 0) is 37.2 Å². The first-order chi connectivity index (χ1) is 13.6. The van der Waals surface area contributed by atoms with Gasteiger partial charge in [-0.2, -0.15) is 11.8 Å². The average molecular weight is 433 g/mol. The van der Waals surface area contributed by atoms with E-state index in [9.17, 15) is 29.4 Å². The van der Waals surface area contributed by atoms with Crippen LogP contribution in [0.15, 0.2) is 0 Å². The first-order valence-corrected chi connectivity index (χ1v) is 11.0. The Morgan fingerprint density at radius 3 is 2.41 bits per heavy atom. The van der Waals surface area contributed by atoms with Crippen molar-refractivity contribution in [2.75, 3.05) is 25.2 Å². The molecule has 11 heteroatoms. The molecule has 0 aromatic heterocycles. The van der Waals surface area contributed by atoms with Crippen LogP contribution in [0.3, 0.4) is 0 Å². The Morgan fingerprint density at radius 1 is 1.24 bits per heavy atom. The maximum absolute atomic E-state index is 12.8. The van der Waals surface area contributed by atoms with Gasteiger partial charge in [-0.1, -0.05) is 13.8 Å². The maximum Gasteiger partial charge on any atom is 0.326 e. The number of hydrogen-bond donors (Lipinski definition) is 5. The van der Waals surface area contributed by atoms with Gasteiger partial charge in [0.25, 0.3) is 0 Å². The number of carboxylic acids is 1. The SMILES string of the molecule is CSCCC(N)C(=O)NC(CO)C(=O)N1CCCC1C(=O)NC(C(=O)O)C(C)C. The Labute approximate surface area is 174 Å². The smallest absolute Gasteiger partial charge is 0.326 e. The molecule has 1 rings (SSSR count). The first-order valence-electron chi connectivity index (χ1n) is 9.63. The minimum Gasteiger partial charge on any atom is -0.480 e. The van der Waals surface area contributed by atoms with Gasteiger partial charge in [-0.25, -0.2) is 4.79 Å². The zero-order chi connectivity index (χ0) is 22.1. The van der Waals surface area contributed by atoms with Crippen LogP contribution < -0.4 is 16.4 Å². The highest BCUT2D eigenvalue weighted by atomic mass is 32.2. The number of aliphatic hydroxyl groups is 1. The van der Waals surface area contributed by atoms with Crippen molar-refractivity contribution in [1.82, 2.24) is 15.5 Å². The minimum absolute atomic E-state index is 0.279. The van der Waals surface area contributed by atoms with E-state index < -0.39 is 54.5 Å². The van der Waals surface area contributed by atoms with Gasteiger partial charge < -0.3 is 31.5 Å². The molecule has 0 saturated carbocycles. The average Bonchev–Trinajstić information content (AvgIpc) is 3.16. The van der Waals surface area contributed by atoms with E-state index in [0.717, 1.165) is 0 Å². The van der Waals surface area contributed by atoms with Crippen molar-refractivity contribution >= 4 is 35.5 Å². The molecule has 0 bridgehead atoms. The summed E-state index contributed by atoms with van der Waals surface area (Å²) in [5, 5.41) is 23.8. The number of nitrogens with zero attached hydrogens (tertiary/aromatic N) is 1. The summed E-state index contributed by atoms with van der Waals surface area (Å²) < 4.78 is 0. The van der Waals surface area contributed by atoms with Crippen LogP contribution >= 0.6 is 11.8 Å². The van der Waals surface area contributed by atoms with E-state index in [4.69, 9.17) is 5.73 Å². The van der Waals surface area contributed by atoms with Crippen molar-refractivity contribution < 1.29 is 29.4 Å². The number of aliphatic carboxylic acids is 1. The lowest BCUT2D eigenvalue weighted by atomic mass is 10.0. The standard InChI is InChI=1S/C18H32N4O6S/c1-10(2)14(18(27)28)21-16(25)13-5-4-7-22(13)17(26)12(9-23)20-15(24)11(19)6-8-29-3/h10-14,23H,4-9,19H2,1-3H3,(H,20,24)(H,21,25)(H,27,28). The summed E-state index contributed by atoms with van der Waals surface area (Å²) in [5.74, 6) is -2.49. The number of nitrogens with one attached hydrogen (secondary N) is 2. The van der Waals surface area contributed by atoms with Gasteiger partial charge in [-0.3, -0.25) is 14.4 Å². The van der Waals surface area contributed by atoms with Crippen LogP contribution in [0, 0.1) is 5.92 Å². The quantitative estimate of drug-likeness (QED) is 0.271. The van der Waals surface area contributed by atoms with Crippen molar-refractivity contribution in [2.45, 2.75) is 57.3 Å². The molecule has 10 nitrogen and oxygen atoms in total. The van der Waals surface area contributed by atoms with Gasteiger partial charge in [-0.15, -0.1) is 0 Å². The molecular formula is C18H32N4O6S. The Bertz CT molecular complexity index is 603. The van der Waals surface area contributed by atoms with E-state index in [1.165, 1.54) is 4.90 Å². The van der Waals surface area contributed by atoms with E-state index >= 15 is 0 Å². The summed E-state index contributed by atoms with van der Waals surface area (Å²) in [6.45, 7) is 3.00. The van der Waals surface area contributed by atoms with Crippen LogP contribution in [0.4, 0.5) is 0 Å². The van der Waals surface area contributed by atoms with Crippen molar-refractivity contribution in [1.29, 1.82) is 0 Å². The Balaban J connectivity index is 2.80. The summed E-state index contributed by atoms with van der Waals surface area (Å²) in [6, 6.07) is -3.93. The third kappa shape index (κ3) is 7.16. The van der Waals surface area contributed by atoms with Crippen molar-refractivity contribution in [3.8, 4) is 0 Å². The van der Waals surface area contributed by atoms with Gasteiger partial charge in [0.05, 0.1) is 12.6 Å². The lowest BCUT2D eigenvalue weighted by Crippen LogP contribution is -2.58. The number of nitrogens with two attached hydrogens (primary N) is 1. The van der Waals surface area contributed by atoms with Gasteiger partial charge in [0.15, 0.2) is 0 Å². The molecule has 1 aliphatic rings. The normalized spacial score (nSPS) is 19.5. The number of carbonyl (C=O) groups is 4. The highest BCUT2D eigenvalue weighted by Crippen LogP contribution is 2.19. The highest BCUT2D eigenvalue weighted by molar-refractivity contribution is 7.98. The van der Waals surface area contributed by atoms with Gasteiger partial charge in [0.1, 0.15) is 18.1 Å². The number of thioether (sulfide) groups is 1. The maximum atomic E-state index is 12.8. The van der Waals surface area contributed by atoms with E-state index in [0.29, 0.717) is 25.0 Å². The van der Waals surface area contributed by atoms with Crippen LogP contribution in [-0.4, -0.2) is 88.1 Å². The van der Waals surface area contributed by atoms with Crippen LogP contribution in [0.25, 0.3) is 0 Å². The molecule has 1 heterocycles. The number of likely N-dealkylation sites (tertiary alicyclic amines) is 1. The number of amides is 3. The number of hydrogen-bond acceptors (Lipinski definition) is 7. The number of rotatable bonds is 11. The molecule has 1 aliphatic heterocycles. The van der Waals surface area contributed by atoms with Crippen molar-refractivity contribution in [2.24, 2.45) is 11.7 Å². The molecular weight excluding hydrogens is 400 g/mol. The Hall–Kier alpha value is -1.85. The van der Waals surface area contributed by atoms with Crippen LogP contribution in [0.2, 0.25) is 0 Å². The van der Waals surface area contributed by atoms with Gasteiger partial charge in [0, 0.05) is 6.54 Å².